The summed E-state index contributed by atoms with van der Waals surface area (Å²) in [5.41, 5.74) is 4.28. The Morgan fingerprint density at radius 2 is 1.62 bits per heavy atom. The van der Waals surface area contributed by atoms with Gasteiger partial charge in [0.15, 0.2) is 0 Å². The van der Waals surface area contributed by atoms with E-state index in [1.54, 1.807) is 24.3 Å². The first-order valence-electron chi connectivity index (χ1n) is 8.62. The number of aromatic nitrogens is 1. The van der Waals surface area contributed by atoms with Crippen molar-refractivity contribution in [3.63, 3.8) is 0 Å². The van der Waals surface area contributed by atoms with Gasteiger partial charge in [-0.2, -0.15) is 0 Å². The van der Waals surface area contributed by atoms with Crippen LogP contribution in [0.25, 0.3) is 21.8 Å². The highest BCUT2D eigenvalue weighted by molar-refractivity contribution is 6.08. The lowest BCUT2D eigenvalue weighted by molar-refractivity contribution is -0.120. The monoisotopic (exact) mass is 344 g/mol. The second kappa shape index (κ2) is 6.56. The third-order valence-electron chi connectivity index (χ3n) is 4.77. The lowest BCUT2D eigenvalue weighted by Gasteiger charge is -2.07. The second-order valence-electron chi connectivity index (χ2n) is 6.55. The number of carbonyl (C=O) groups excluding carboxylic acids is 1. The van der Waals surface area contributed by atoms with Gasteiger partial charge < -0.3 is 15.0 Å². The summed E-state index contributed by atoms with van der Waals surface area (Å²) in [7, 11) is 2.05. The van der Waals surface area contributed by atoms with E-state index in [0.29, 0.717) is 13.0 Å². The summed E-state index contributed by atoms with van der Waals surface area (Å²) in [6.45, 7) is 0.454. The molecule has 0 saturated carbocycles. The molecule has 0 bridgehead atoms. The molecule has 26 heavy (non-hydrogen) atoms. The zero-order chi connectivity index (χ0) is 18.1. The van der Waals surface area contributed by atoms with Crippen molar-refractivity contribution in [3.8, 4) is 5.75 Å². The number of nitrogens with one attached hydrogen (secondary N) is 1. The van der Waals surface area contributed by atoms with Crippen LogP contribution in [0.3, 0.4) is 0 Å². The largest absolute Gasteiger partial charge is 0.508 e. The van der Waals surface area contributed by atoms with Crippen LogP contribution in [0.15, 0.2) is 66.7 Å². The van der Waals surface area contributed by atoms with Crippen molar-refractivity contribution < 1.29 is 9.90 Å². The van der Waals surface area contributed by atoms with Crippen molar-refractivity contribution in [1.82, 2.24) is 9.88 Å². The summed E-state index contributed by atoms with van der Waals surface area (Å²) in [5, 5.41) is 14.7. The Labute approximate surface area is 151 Å². The van der Waals surface area contributed by atoms with E-state index in [1.165, 1.54) is 16.3 Å². The lowest BCUT2D eigenvalue weighted by atomic mass is 10.1. The van der Waals surface area contributed by atoms with Crippen molar-refractivity contribution in [2.45, 2.75) is 13.0 Å². The summed E-state index contributed by atoms with van der Waals surface area (Å²) in [4.78, 5) is 12.3. The number of fused-ring (bicyclic) bond motifs is 3. The Kier molecular flexibility index (Phi) is 4.09. The van der Waals surface area contributed by atoms with Crippen LogP contribution in [0, 0.1) is 0 Å². The molecule has 0 atom stereocenters. The van der Waals surface area contributed by atoms with E-state index in [1.807, 2.05) is 18.2 Å². The molecule has 4 nitrogen and oxygen atoms in total. The standard InChI is InChI=1S/C22H20N2O2/c1-24-20-5-3-2-4-18(20)19-11-8-16(12-21(19)24)13-22(26)23-14-15-6-9-17(25)10-7-15/h2-12,25H,13-14H2,1H3,(H,23,26). The van der Waals surface area contributed by atoms with Gasteiger partial charge in [0.1, 0.15) is 5.75 Å². The molecule has 0 spiro atoms. The number of para-hydroxylation sites is 1. The topological polar surface area (TPSA) is 54.3 Å². The lowest BCUT2D eigenvalue weighted by Crippen LogP contribution is -2.24. The van der Waals surface area contributed by atoms with Gasteiger partial charge in [-0.05, 0) is 35.4 Å². The minimum atomic E-state index is -0.0174. The highest BCUT2D eigenvalue weighted by atomic mass is 16.3. The average molecular weight is 344 g/mol. The molecule has 4 rings (SSSR count). The molecule has 4 heteroatoms. The van der Waals surface area contributed by atoms with E-state index in [0.717, 1.165) is 16.6 Å². The fourth-order valence-corrected chi connectivity index (χ4v) is 3.38. The zero-order valence-electron chi connectivity index (χ0n) is 14.6. The number of nitrogens with zero attached hydrogens (tertiary/aromatic N) is 1. The first-order valence-corrected chi connectivity index (χ1v) is 8.62. The van der Waals surface area contributed by atoms with Crippen molar-refractivity contribution in [1.29, 1.82) is 0 Å². The SMILES string of the molecule is Cn1c2ccccc2c2ccc(CC(=O)NCc3ccc(O)cc3)cc21. The number of amides is 1. The number of phenolic OH excluding ortho intramolecular Hbond substituents is 1. The summed E-state index contributed by atoms with van der Waals surface area (Å²) < 4.78 is 2.17. The maximum Gasteiger partial charge on any atom is 0.224 e. The molecular weight excluding hydrogens is 324 g/mol. The van der Waals surface area contributed by atoms with Gasteiger partial charge in [-0.25, -0.2) is 0 Å². The molecule has 1 aromatic heterocycles. The van der Waals surface area contributed by atoms with E-state index in [-0.39, 0.29) is 11.7 Å². The van der Waals surface area contributed by atoms with Crippen LogP contribution >= 0.6 is 0 Å². The summed E-state index contributed by atoms with van der Waals surface area (Å²) in [5.74, 6) is 0.208. The van der Waals surface area contributed by atoms with Crippen LogP contribution in [-0.4, -0.2) is 15.6 Å². The summed E-state index contributed by atoms with van der Waals surface area (Å²) >= 11 is 0. The van der Waals surface area contributed by atoms with E-state index in [4.69, 9.17) is 0 Å². The Hall–Kier alpha value is -3.27. The number of phenols is 1. The van der Waals surface area contributed by atoms with Crippen molar-refractivity contribution in [2.75, 3.05) is 0 Å². The molecule has 1 amide bonds. The fraction of sp³-hybridized carbons (Fsp3) is 0.136. The molecule has 2 N–H and O–H groups in total. The quantitative estimate of drug-likeness (QED) is 0.590. The first kappa shape index (κ1) is 16.2. The summed E-state index contributed by atoms with van der Waals surface area (Å²) in [6, 6.07) is 21.4. The number of rotatable bonds is 4. The molecule has 0 fully saturated rings. The molecule has 0 aliphatic heterocycles. The third kappa shape index (κ3) is 3.02. The highest BCUT2D eigenvalue weighted by Crippen LogP contribution is 2.28. The molecule has 0 aliphatic rings. The Balaban J connectivity index is 1.51. The van der Waals surface area contributed by atoms with Gasteiger partial charge in [0.2, 0.25) is 5.91 Å². The van der Waals surface area contributed by atoms with E-state index in [9.17, 15) is 9.90 Å². The van der Waals surface area contributed by atoms with Crippen molar-refractivity contribution >= 4 is 27.7 Å². The van der Waals surface area contributed by atoms with Gasteiger partial charge in [-0.3, -0.25) is 4.79 Å². The smallest absolute Gasteiger partial charge is 0.224 e. The Morgan fingerprint density at radius 1 is 0.923 bits per heavy atom. The van der Waals surface area contributed by atoms with Crippen LogP contribution in [0.5, 0.6) is 5.75 Å². The predicted octanol–water partition coefficient (Wildman–Crippen LogP) is 3.90. The number of carbonyl (C=O) groups is 1. The first-order chi connectivity index (χ1) is 12.6. The van der Waals surface area contributed by atoms with E-state index < -0.39 is 0 Å². The number of aromatic hydroxyl groups is 1. The molecular formula is C22H20N2O2. The second-order valence-corrected chi connectivity index (χ2v) is 6.55. The summed E-state index contributed by atoms with van der Waals surface area (Å²) in [6.07, 6.45) is 0.343. The van der Waals surface area contributed by atoms with Crippen LogP contribution in [0.2, 0.25) is 0 Å². The molecule has 4 aromatic rings. The van der Waals surface area contributed by atoms with Crippen LogP contribution in [-0.2, 0) is 24.8 Å². The van der Waals surface area contributed by atoms with Gasteiger partial charge >= 0.3 is 0 Å². The molecule has 130 valence electrons. The van der Waals surface area contributed by atoms with Crippen LogP contribution in [0.4, 0.5) is 0 Å². The number of hydrogen-bond acceptors (Lipinski definition) is 2. The average Bonchev–Trinajstić information content (AvgIpc) is 2.94. The highest BCUT2D eigenvalue weighted by Gasteiger charge is 2.10. The van der Waals surface area contributed by atoms with Crippen LogP contribution in [0.1, 0.15) is 11.1 Å². The van der Waals surface area contributed by atoms with E-state index >= 15 is 0 Å². The predicted molar refractivity (Wildman–Crippen MR) is 104 cm³/mol. The maximum atomic E-state index is 12.3. The molecule has 0 radical (unpaired) electrons. The van der Waals surface area contributed by atoms with Gasteiger partial charge in [-0.15, -0.1) is 0 Å². The number of benzene rings is 3. The zero-order valence-corrected chi connectivity index (χ0v) is 14.6. The minimum Gasteiger partial charge on any atom is -0.508 e. The van der Waals surface area contributed by atoms with Crippen molar-refractivity contribution in [3.05, 3.63) is 77.9 Å². The Morgan fingerprint density at radius 3 is 2.42 bits per heavy atom. The van der Waals surface area contributed by atoms with Crippen LogP contribution < -0.4 is 5.32 Å². The van der Waals surface area contributed by atoms with Gasteiger partial charge in [0, 0.05) is 35.4 Å². The fourth-order valence-electron chi connectivity index (χ4n) is 3.38. The molecule has 3 aromatic carbocycles. The molecule has 0 unspecified atom stereocenters. The Bertz CT molecular complexity index is 1090. The van der Waals surface area contributed by atoms with Gasteiger partial charge in [0.05, 0.1) is 6.42 Å². The minimum absolute atomic E-state index is 0.0174. The van der Waals surface area contributed by atoms with E-state index in [2.05, 4.69) is 41.2 Å². The molecule has 1 heterocycles. The molecule has 0 aliphatic carbocycles. The molecule has 0 saturated heterocycles. The maximum absolute atomic E-state index is 12.3. The van der Waals surface area contributed by atoms with Gasteiger partial charge in [-0.1, -0.05) is 42.5 Å². The number of hydrogen-bond donors (Lipinski definition) is 2. The normalized spacial score (nSPS) is 11.1. The van der Waals surface area contributed by atoms with Crippen molar-refractivity contribution in [2.24, 2.45) is 7.05 Å². The number of aryl methyl sites for hydroxylation is 1. The van der Waals surface area contributed by atoms with Gasteiger partial charge in [0.25, 0.3) is 0 Å². The third-order valence-corrected chi connectivity index (χ3v) is 4.77.